The molecule has 0 saturated carbocycles. The maximum Gasteiger partial charge on any atom is 0.267 e. The summed E-state index contributed by atoms with van der Waals surface area (Å²) in [4.78, 5) is 13.0. The highest BCUT2D eigenvalue weighted by Crippen LogP contribution is 2.35. The Morgan fingerprint density at radius 3 is 2.30 bits per heavy atom. The van der Waals surface area contributed by atoms with Gasteiger partial charge in [0, 0.05) is 27.9 Å². The third-order valence-electron chi connectivity index (χ3n) is 3.64. The van der Waals surface area contributed by atoms with Crippen molar-refractivity contribution in [2.75, 3.05) is 26.5 Å². The summed E-state index contributed by atoms with van der Waals surface area (Å²) >= 11 is 7.76. The maximum absolute atomic E-state index is 12.5. The molecule has 5 heteroatoms. The van der Waals surface area contributed by atoms with Crippen molar-refractivity contribution in [3.05, 3.63) is 58.4 Å². The smallest absolute Gasteiger partial charge is 0.267 e. The molecule has 0 spiro atoms. The zero-order valence-electron chi connectivity index (χ0n) is 13.3. The normalized spacial score (nSPS) is 11.7. The summed E-state index contributed by atoms with van der Waals surface area (Å²) in [6.07, 6.45) is 0. The second-order valence-corrected chi connectivity index (χ2v) is 7.68. The Bertz CT molecular complexity index is 863. The van der Waals surface area contributed by atoms with Crippen molar-refractivity contribution in [1.29, 1.82) is 0 Å². The van der Waals surface area contributed by atoms with Crippen LogP contribution in [-0.2, 0) is 0 Å². The number of hydrogen-bond acceptors (Lipinski definition) is 2. The number of carbonyl (C=O) groups excluding carboxylic acids is 1. The van der Waals surface area contributed by atoms with Crippen LogP contribution in [0.3, 0.4) is 0 Å². The molecule has 1 amide bonds. The SMILES string of the molecule is C[N+](C)(C)c1ccc(NC(=O)c2sc3ccccc3c2Cl)cc1. The van der Waals surface area contributed by atoms with Crippen molar-refractivity contribution in [2.24, 2.45) is 0 Å². The van der Waals surface area contributed by atoms with Gasteiger partial charge in [0.05, 0.1) is 26.2 Å². The summed E-state index contributed by atoms with van der Waals surface area (Å²) in [6, 6.07) is 15.6. The average Bonchev–Trinajstić information content (AvgIpc) is 2.85. The summed E-state index contributed by atoms with van der Waals surface area (Å²) in [7, 11) is 6.31. The van der Waals surface area contributed by atoms with Gasteiger partial charge in [0.15, 0.2) is 0 Å². The van der Waals surface area contributed by atoms with E-state index in [0.29, 0.717) is 9.90 Å². The predicted octanol–water partition coefficient (Wildman–Crippen LogP) is 5.00. The van der Waals surface area contributed by atoms with Crippen molar-refractivity contribution in [1.82, 2.24) is 4.48 Å². The molecule has 0 saturated heterocycles. The van der Waals surface area contributed by atoms with Gasteiger partial charge in [0.25, 0.3) is 5.91 Å². The van der Waals surface area contributed by atoms with Crippen LogP contribution in [0.4, 0.5) is 11.4 Å². The van der Waals surface area contributed by atoms with E-state index in [1.165, 1.54) is 17.0 Å². The largest absolute Gasteiger partial charge is 0.321 e. The number of nitrogens with one attached hydrogen (secondary N) is 1. The van der Waals surface area contributed by atoms with Gasteiger partial charge in [-0.25, -0.2) is 0 Å². The lowest BCUT2D eigenvalue weighted by molar-refractivity contribution is 0.103. The summed E-state index contributed by atoms with van der Waals surface area (Å²) in [6.45, 7) is 0. The van der Waals surface area contributed by atoms with E-state index < -0.39 is 0 Å². The summed E-state index contributed by atoms with van der Waals surface area (Å²) in [5.74, 6) is -0.172. The number of hydrogen-bond donors (Lipinski definition) is 1. The van der Waals surface area contributed by atoms with Gasteiger partial charge in [0.1, 0.15) is 10.6 Å². The zero-order chi connectivity index (χ0) is 16.6. The Kier molecular flexibility index (Phi) is 4.15. The van der Waals surface area contributed by atoms with E-state index >= 15 is 0 Å². The third-order valence-corrected chi connectivity index (χ3v) is 5.32. The first kappa shape index (κ1) is 16.0. The lowest BCUT2D eigenvalue weighted by Crippen LogP contribution is -2.34. The molecular formula is C18H18ClN2OS+. The molecule has 0 atom stereocenters. The zero-order valence-corrected chi connectivity index (χ0v) is 14.8. The first-order valence-corrected chi connectivity index (χ1v) is 8.46. The second kappa shape index (κ2) is 5.96. The van der Waals surface area contributed by atoms with Gasteiger partial charge < -0.3 is 5.32 Å². The molecule has 2 aromatic carbocycles. The molecular weight excluding hydrogens is 328 g/mol. The highest BCUT2D eigenvalue weighted by Gasteiger charge is 2.17. The Morgan fingerprint density at radius 1 is 1.04 bits per heavy atom. The number of fused-ring (bicyclic) bond motifs is 1. The van der Waals surface area contributed by atoms with E-state index in [4.69, 9.17) is 11.6 Å². The summed E-state index contributed by atoms with van der Waals surface area (Å²) in [5.41, 5.74) is 1.93. The Hall–Kier alpha value is -1.88. The molecule has 0 unspecified atom stereocenters. The quantitative estimate of drug-likeness (QED) is 0.665. The molecule has 3 nitrogen and oxygen atoms in total. The minimum atomic E-state index is -0.172. The third kappa shape index (κ3) is 3.24. The average molecular weight is 346 g/mol. The lowest BCUT2D eigenvalue weighted by Gasteiger charge is -2.23. The van der Waals surface area contributed by atoms with Crippen LogP contribution in [-0.4, -0.2) is 27.1 Å². The van der Waals surface area contributed by atoms with E-state index in [1.807, 2.05) is 48.5 Å². The van der Waals surface area contributed by atoms with Gasteiger partial charge in [0.2, 0.25) is 0 Å². The molecule has 118 valence electrons. The highest BCUT2D eigenvalue weighted by molar-refractivity contribution is 7.21. The first-order chi connectivity index (χ1) is 10.9. The Labute approximate surface area is 144 Å². The molecule has 0 radical (unpaired) electrons. The fraction of sp³-hybridized carbons (Fsp3) is 0.167. The lowest BCUT2D eigenvalue weighted by atomic mass is 10.2. The number of nitrogens with zero attached hydrogens (tertiary/aromatic N) is 1. The van der Waals surface area contributed by atoms with Crippen molar-refractivity contribution in [3.63, 3.8) is 0 Å². The molecule has 23 heavy (non-hydrogen) atoms. The van der Waals surface area contributed by atoms with Crippen LogP contribution in [0.25, 0.3) is 10.1 Å². The van der Waals surface area contributed by atoms with Crippen LogP contribution in [0.15, 0.2) is 48.5 Å². The van der Waals surface area contributed by atoms with Crippen molar-refractivity contribution in [2.45, 2.75) is 0 Å². The molecule has 0 aliphatic heterocycles. The second-order valence-electron chi connectivity index (χ2n) is 6.25. The van der Waals surface area contributed by atoms with Crippen molar-refractivity contribution in [3.8, 4) is 0 Å². The van der Waals surface area contributed by atoms with Crippen LogP contribution >= 0.6 is 22.9 Å². The summed E-state index contributed by atoms with van der Waals surface area (Å²) < 4.78 is 1.75. The number of thiophene rings is 1. The number of amides is 1. The Morgan fingerprint density at radius 2 is 1.70 bits per heavy atom. The minimum absolute atomic E-state index is 0.172. The molecule has 0 aliphatic carbocycles. The van der Waals surface area contributed by atoms with Crippen LogP contribution in [0.5, 0.6) is 0 Å². The van der Waals surface area contributed by atoms with E-state index in [9.17, 15) is 4.79 Å². The van der Waals surface area contributed by atoms with Gasteiger partial charge in [-0.15, -0.1) is 11.3 Å². The van der Waals surface area contributed by atoms with Crippen LogP contribution < -0.4 is 9.80 Å². The van der Waals surface area contributed by atoms with Gasteiger partial charge in [-0.2, -0.15) is 0 Å². The van der Waals surface area contributed by atoms with E-state index in [2.05, 4.69) is 26.5 Å². The predicted molar refractivity (Wildman–Crippen MR) is 101 cm³/mol. The topological polar surface area (TPSA) is 29.1 Å². The number of carbonyl (C=O) groups is 1. The number of anilines is 1. The fourth-order valence-corrected chi connectivity index (χ4v) is 3.75. The van der Waals surface area contributed by atoms with Gasteiger partial charge in [-0.3, -0.25) is 9.28 Å². The number of benzene rings is 2. The van der Waals surface area contributed by atoms with Gasteiger partial charge in [-0.05, 0) is 18.2 Å². The van der Waals surface area contributed by atoms with E-state index in [0.717, 1.165) is 20.3 Å². The van der Waals surface area contributed by atoms with Crippen molar-refractivity contribution >= 4 is 50.3 Å². The molecule has 3 aromatic rings. The molecule has 1 N–H and O–H groups in total. The summed E-state index contributed by atoms with van der Waals surface area (Å²) in [5, 5.41) is 4.36. The Balaban J connectivity index is 1.85. The highest BCUT2D eigenvalue weighted by atomic mass is 35.5. The molecule has 0 bridgehead atoms. The van der Waals surface area contributed by atoms with Crippen LogP contribution in [0, 0.1) is 0 Å². The van der Waals surface area contributed by atoms with E-state index in [-0.39, 0.29) is 5.91 Å². The maximum atomic E-state index is 12.5. The molecule has 3 rings (SSSR count). The number of quaternary nitrogens is 1. The monoisotopic (exact) mass is 345 g/mol. The van der Waals surface area contributed by atoms with E-state index in [1.54, 1.807) is 0 Å². The van der Waals surface area contributed by atoms with Crippen LogP contribution in [0.1, 0.15) is 9.67 Å². The fourth-order valence-electron chi connectivity index (χ4n) is 2.34. The number of rotatable bonds is 3. The van der Waals surface area contributed by atoms with Crippen LogP contribution in [0.2, 0.25) is 5.02 Å². The molecule has 1 heterocycles. The standard InChI is InChI=1S/C18H17ClN2OS/c1-21(2,3)13-10-8-12(9-11-13)20-18(22)17-16(19)14-6-4-5-7-15(14)23-17/h4-11H,1-3H3/p+1. The van der Waals surface area contributed by atoms with Gasteiger partial charge >= 0.3 is 0 Å². The van der Waals surface area contributed by atoms with Gasteiger partial charge in [-0.1, -0.05) is 29.8 Å². The molecule has 0 aliphatic rings. The minimum Gasteiger partial charge on any atom is -0.321 e. The molecule has 1 aromatic heterocycles. The number of halogens is 1. The molecule has 0 fully saturated rings. The van der Waals surface area contributed by atoms with Crippen molar-refractivity contribution < 1.29 is 4.79 Å². The first-order valence-electron chi connectivity index (χ1n) is 7.27.